The molecule has 1 heteroatoms. The molecule has 70 valence electrons. The van der Waals surface area contributed by atoms with Gasteiger partial charge >= 0.3 is 0 Å². The molecule has 1 nitrogen and oxygen atoms in total. The third kappa shape index (κ3) is 4.48. The normalized spacial score (nSPS) is 26.7. The third-order valence-electron chi connectivity index (χ3n) is 1.94. The second-order valence-corrected chi connectivity index (χ2v) is 3.05. The van der Waals surface area contributed by atoms with Crippen molar-refractivity contribution in [3.05, 3.63) is 48.1 Å². The summed E-state index contributed by atoms with van der Waals surface area (Å²) in [6.07, 6.45) is 17.4. The summed E-state index contributed by atoms with van der Waals surface area (Å²) < 4.78 is 0. The maximum absolute atomic E-state index is 8.63. The lowest BCUT2D eigenvalue weighted by atomic mass is 10.1. The van der Waals surface area contributed by atoms with E-state index >= 15 is 0 Å². The Bertz CT molecular complexity index is 244. The van der Waals surface area contributed by atoms with Gasteiger partial charge in [-0.15, -0.1) is 0 Å². The standard InChI is InChI=1S/C12H16O/c13-11-7-6-10-12-8-4-2-1-3-5-9-12/h1-5,8-9,13H,6-7,10-11H2/b2-1-,3-1?,4-2?,5-3-,8-4-,9-5?,12-8?,12-9+. The number of unbranched alkanes of at least 4 members (excludes halogenated alkanes) is 1. The summed E-state index contributed by atoms with van der Waals surface area (Å²) >= 11 is 0. The third-order valence-corrected chi connectivity index (χ3v) is 1.94. The number of aliphatic hydroxyl groups excluding tert-OH is 1. The summed E-state index contributed by atoms with van der Waals surface area (Å²) in [7, 11) is 0. The Kier molecular flexibility index (Phi) is 4.95. The van der Waals surface area contributed by atoms with E-state index in [1.807, 2.05) is 30.4 Å². The highest BCUT2D eigenvalue weighted by Crippen LogP contribution is 2.10. The number of hydrogen-bond donors (Lipinski definition) is 1. The fourth-order valence-electron chi connectivity index (χ4n) is 1.21. The van der Waals surface area contributed by atoms with E-state index in [-0.39, 0.29) is 0 Å². The number of rotatable bonds is 4. The summed E-state index contributed by atoms with van der Waals surface area (Å²) in [6, 6.07) is 0. The Hall–Kier alpha value is -1.08. The Morgan fingerprint density at radius 3 is 2.54 bits per heavy atom. The summed E-state index contributed by atoms with van der Waals surface area (Å²) in [5, 5.41) is 8.63. The molecule has 0 bridgehead atoms. The second kappa shape index (κ2) is 6.44. The van der Waals surface area contributed by atoms with Crippen LogP contribution in [-0.2, 0) is 0 Å². The molecule has 0 aliphatic heterocycles. The van der Waals surface area contributed by atoms with E-state index in [0.717, 1.165) is 19.3 Å². The van der Waals surface area contributed by atoms with Gasteiger partial charge in [-0.2, -0.15) is 0 Å². The van der Waals surface area contributed by atoms with E-state index < -0.39 is 0 Å². The molecule has 0 aromatic heterocycles. The van der Waals surface area contributed by atoms with Gasteiger partial charge in [0.1, 0.15) is 0 Å². The molecule has 13 heavy (non-hydrogen) atoms. The van der Waals surface area contributed by atoms with E-state index in [4.69, 9.17) is 5.11 Å². The Labute approximate surface area is 79.8 Å². The van der Waals surface area contributed by atoms with E-state index in [1.165, 1.54) is 5.57 Å². The van der Waals surface area contributed by atoms with E-state index in [0.29, 0.717) is 6.61 Å². The van der Waals surface area contributed by atoms with Crippen LogP contribution in [-0.4, -0.2) is 11.7 Å². The van der Waals surface area contributed by atoms with Gasteiger partial charge in [-0.3, -0.25) is 0 Å². The minimum atomic E-state index is 0.298. The van der Waals surface area contributed by atoms with Crippen LogP contribution in [0.3, 0.4) is 0 Å². The van der Waals surface area contributed by atoms with Crippen molar-refractivity contribution in [1.82, 2.24) is 0 Å². The zero-order valence-electron chi connectivity index (χ0n) is 7.82. The van der Waals surface area contributed by atoms with Crippen molar-refractivity contribution in [3.63, 3.8) is 0 Å². The van der Waals surface area contributed by atoms with Crippen molar-refractivity contribution in [2.45, 2.75) is 19.3 Å². The minimum Gasteiger partial charge on any atom is -0.396 e. The first-order chi connectivity index (χ1) is 6.43. The fraction of sp³-hybridized carbons (Fsp3) is 0.333. The van der Waals surface area contributed by atoms with Crippen molar-refractivity contribution in [2.24, 2.45) is 0 Å². The predicted molar refractivity (Wildman–Crippen MR) is 56.4 cm³/mol. The molecule has 0 saturated heterocycles. The molecule has 0 aromatic rings. The lowest BCUT2D eigenvalue weighted by Crippen LogP contribution is -1.85. The molecule has 1 N–H and O–H groups in total. The lowest BCUT2D eigenvalue weighted by molar-refractivity contribution is 0.285. The first-order valence-electron chi connectivity index (χ1n) is 4.75. The van der Waals surface area contributed by atoms with E-state index in [2.05, 4.69) is 12.2 Å². The molecule has 0 aromatic carbocycles. The second-order valence-electron chi connectivity index (χ2n) is 3.05. The Morgan fingerprint density at radius 1 is 0.923 bits per heavy atom. The summed E-state index contributed by atoms with van der Waals surface area (Å²) in [6.45, 7) is 0.298. The highest BCUT2D eigenvalue weighted by molar-refractivity contribution is 5.30. The van der Waals surface area contributed by atoms with Gasteiger partial charge in [-0.25, -0.2) is 0 Å². The van der Waals surface area contributed by atoms with Gasteiger partial charge in [0.2, 0.25) is 0 Å². The van der Waals surface area contributed by atoms with Crippen LogP contribution >= 0.6 is 0 Å². The van der Waals surface area contributed by atoms with Gasteiger partial charge in [-0.05, 0) is 24.8 Å². The fourth-order valence-corrected chi connectivity index (χ4v) is 1.21. The number of aliphatic hydroxyl groups is 1. The largest absolute Gasteiger partial charge is 0.396 e. The first-order valence-corrected chi connectivity index (χ1v) is 4.75. The molecule has 0 fully saturated rings. The summed E-state index contributed by atoms with van der Waals surface area (Å²) in [5.74, 6) is 0. The van der Waals surface area contributed by atoms with Crippen LogP contribution in [0.15, 0.2) is 48.1 Å². The van der Waals surface area contributed by atoms with Gasteiger partial charge in [-0.1, -0.05) is 42.5 Å². The molecule has 0 atom stereocenters. The predicted octanol–water partition coefficient (Wildman–Crippen LogP) is 2.76. The van der Waals surface area contributed by atoms with Crippen molar-refractivity contribution in [3.8, 4) is 0 Å². The van der Waals surface area contributed by atoms with Crippen molar-refractivity contribution >= 4 is 0 Å². The van der Waals surface area contributed by atoms with Gasteiger partial charge in [0, 0.05) is 6.61 Å². The number of hydrogen-bond acceptors (Lipinski definition) is 1. The Balaban J connectivity index is 2.39. The molecule has 1 aliphatic carbocycles. The molecule has 0 amide bonds. The monoisotopic (exact) mass is 176 g/mol. The molecule has 1 aliphatic rings. The van der Waals surface area contributed by atoms with Crippen LogP contribution in [0.4, 0.5) is 0 Å². The molecule has 1 rings (SSSR count). The van der Waals surface area contributed by atoms with Gasteiger partial charge in [0.05, 0.1) is 0 Å². The molecule has 0 spiro atoms. The Morgan fingerprint density at radius 2 is 1.69 bits per heavy atom. The lowest BCUT2D eigenvalue weighted by Gasteiger charge is -2.00. The zero-order chi connectivity index (χ0) is 9.36. The smallest absolute Gasteiger partial charge is 0.0431 e. The summed E-state index contributed by atoms with van der Waals surface area (Å²) in [5.41, 5.74) is 1.33. The maximum atomic E-state index is 8.63. The SMILES string of the molecule is OCCCCC1=C/C=C\C=C/C=C\1. The van der Waals surface area contributed by atoms with E-state index in [9.17, 15) is 0 Å². The first kappa shape index (κ1) is 10.0. The average molecular weight is 176 g/mol. The van der Waals surface area contributed by atoms with Gasteiger partial charge < -0.3 is 5.11 Å². The highest BCUT2D eigenvalue weighted by Gasteiger charge is 1.92. The van der Waals surface area contributed by atoms with Crippen LogP contribution in [0.1, 0.15) is 19.3 Å². The molecular weight excluding hydrogens is 160 g/mol. The molecule has 0 saturated carbocycles. The zero-order valence-corrected chi connectivity index (χ0v) is 7.82. The van der Waals surface area contributed by atoms with Crippen molar-refractivity contribution in [2.75, 3.05) is 6.61 Å². The van der Waals surface area contributed by atoms with E-state index in [1.54, 1.807) is 0 Å². The molecule has 0 radical (unpaired) electrons. The van der Waals surface area contributed by atoms with Crippen LogP contribution in [0.5, 0.6) is 0 Å². The van der Waals surface area contributed by atoms with Gasteiger partial charge in [0.25, 0.3) is 0 Å². The van der Waals surface area contributed by atoms with Crippen LogP contribution in [0.2, 0.25) is 0 Å². The topological polar surface area (TPSA) is 20.2 Å². The quantitative estimate of drug-likeness (QED) is 0.653. The molecule has 0 unspecified atom stereocenters. The molecular formula is C12H16O. The highest BCUT2D eigenvalue weighted by atomic mass is 16.2. The average Bonchev–Trinajstić information content (AvgIpc) is 2.08. The van der Waals surface area contributed by atoms with Crippen LogP contribution < -0.4 is 0 Å². The number of allylic oxidation sites excluding steroid dienone is 8. The maximum Gasteiger partial charge on any atom is 0.0431 e. The minimum absolute atomic E-state index is 0.298. The summed E-state index contributed by atoms with van der Waals surface area (Å²) in [4.78, 5) is 0. The van der Waals surface area contributed by atoms with Crippen molar-refractivity contribution in [1.29, 1.82) is 0 Å². The van der Waals surface area contributed by atoms with Crippen LogP contribution in [0.25, 0.3) is 0 Å². The van der Waals surface area contributed by atoms with Crippen LogP contribution in [0, 0.1) is 0 Å². The van der Waals surface area contributed by atoms with Crippen molar-refractivity contribution < 1.29 is 5.11 Å². The molecule has 0 heterocycles. The van der Waals surface area contributed by atoms with Gasteiger partial charge in [0.15, 0.2) is 0 Å².